The van der Waals surface area contributed by atoms with E-state index in [0.717, 1.165) is 19.3 Å². The minimum absolute atomic E-state index is 0. The van der Waals surface area contributed by atoms with E-state index in [1.807, 2.05) is 0 Å². The summed E-state index contributed by atoms with van der Waals surface area (Å²) in [5, 5.41) is 10.1. The van der Waals surface area contributed by atoms with Gasteiger partial charge in [0.1, 0.15) is 0 Å². The zero-order chi connectivity index (χ0) is 13.6. The number of rotatable bonds is 3. The Kier molecular flexibility index (Phi) is 4.09. The number of hydrogen-bond donors (Lipinski definition) is 2. The molecule has 1 heterocycles. The van der Waals surface area contributed by atoms with Crippen LogP contribution in [0.1, 0.15) is 30.9 Å². The third-order valence-corrected chi connectivity index (χ3v) is 3.81. The lowest BCUT2D eigenvalue weighted by molar-refractivity contribution is -0.286. The first-order chi connectivity index (χ1) is 8.96. The largest absolute Gasteiger partial charge is 0.586 e. The van der Waals surface area contributed by atoms with Crippen LogP contribution in [0.15, 0.2) is 18.2 Å². The van der Waals surface area contributed by atoms with Gasteiger partial charge in [-0.25, -0.2) is 0 Å². The van der Waals surface area contributed by atoms with Gasteiger partial charge in [-0.1, -0.05) is 12.5 Å². The SMILES string of the molecule is Cl.N[C@@H](c1ccc2c(c1)OC(F)(F)O2)[C@H](O)C1CCC1. The van der Waals surface area contributed by atoms with Crippen LogP contribution in [0, 0.1) is 5.92 Å². The number of ether oxygens (including phenoxy) is 2. The number of aliphatic hydroxyl groups is 1. The van der Waals surface area contributed by atoms with Gasteiger partial charge in [-0.2, -0.15) is 0 Å². The topological polar surface area (TPSA) is 64.7 Å². The summed E-state index contributed by atoms with van der Waals surface area (Å²) in [5.41, 5.74) is 6.55. The molecule has 1 fully saturated rings. The highest BCUT2D eigenvalue weighted by atomic mass is 35.5. The van der Waals surface area contributed by atoms with Crippen molar-refractivity contribution in [2.75, 3.05) is 0 Å². The number of halogens is 3. The molecule has 1 aliphatic heterocycles. The fourth-order valence-corrected chi connectivity index (χ4v) is 2.44. The van der Waals surface area contributed by atoms with Gasteiger partial charge in [-0.3, -0.25) is 0 Å². The molecule has 0 aromatic heterocycles. The average molecular weight is 308 g/mol. The van der Waals surface area contributed by atoms with Gasteiger partial charge in [0.15, 0.2) is 11.5 Å². The first kappa shape index (κ1) is 15.3. The minimum atomic E-state index is -3.63. The van der Waals surface area contributed by atoms with Gasteiger partial charge in [0, 0.05) is 0 Å². The second kappa shape index (κ2) is 5.35. The Morgan fingerprint density at radius 2 is 1.90 bits per heavy atom. The Labute approximate surface area is 121 Å². The van der Waals surface area contributed by atoms with Crippen LogP contribution in [0.5, 0.6) is 11.5 Å². The minimum Gasteiger partial charge on any atom is -0.395 e. The third kappa shape index (κ3) is 2.68. The summed E-state index contributed by atoms with van der Waals surface area (Å²) < 4.78 is 34.5. The van der Waals surface area contributed by atoms with Crippen molar-refractivity contribution < 1.29 is 23.4 Å². The van der Waals surface area contributed by atoms with Gasteiger partial charge in [0.25, 0.3) is 0 Å². The third-order valence-electron chi connectivity index (χ3n) is 3.81. The Bertz CT molecular complexity index is 497. The Morgan fingerprint density at radius 3 is 2.50 bits per heavy atom. The number of nitrogens with two attached hydrogens (primary N) is 1. The average Bonchev–Trinajstić information content (AvgIpc) is 2.58. The van der Waals surface area contributed by atoms with Crippen LogP contribution >= 0.6 is 12.4 Å². The van der Waals surface area contributed by atoms with Crippen molar-refractivity contribution >= 4 is 12.4 Å². The molecule has 1 saturated carbocycles. The molecule has 0 unspecified atom stereocenters. The lowest BCUT2D eigenvalue weighted by Gasteiger charge is -2.33. The zero-order valence-electron chi connectivity index (χ0n) is 10.6. The number of alkyl halides is 2. The highest BCUT2D eigenvalue weighted by Gasteiger charge is 2.43. The molecule has 112 valence electrons. The highest BCUT2D eigenvalue weighted by Crippen LogP contribution is 2.43. The Balaban J connectivity index is 0.00000147. The standard InChI is InChI=1S/C13H15F2NO3.ClH/c14-13(15)18-9-5-4-8(6-10(9)19-13)11(16)12(17)7-2-1-3-7;/h4-7,11-12,17H,1-3,16H2;1H/t11-,12+;/m0./s1. The highest BCUT2D eigenvalue weighted by molar-refractivity contribution is 5.85. The van der Waals surface area contributed by atoms with Crippen molar-refractivity contribution in [3.63, 3.8) is 0 Å². The number of fused-ring (bicyclic) bond motifs is 1. The van der Waals surface area contributed by atoms with E-state index < -0.39 is 18.4 Å². The lowest BCUT2D eigenvalue weighted by atomic mass is 9.77. The van der Waals surface area contributed by atoms with Crippen molar-refractivity contribution in [1.82, 2.24) is 0 Å². The number of hydrogen-bond acceptors (Lipinski definition) is 4. The van der Waals surface area contributed by atoms with Crippen molar-refractivity contribution in [2.45, 2.75) is 37.7 Å². The van der Waals surface area contributed by atoms with E-state index in [-0.39, 0.29) is 29.8 Å². The van der Waals surface area contributed by atoms with Gasteiger partial charge in [-0.15, -0.1) is 21.2 Å². The van der Waals surface area contributed by atoms with Crippen molar-refractivity contribution in [2.24, 2.45) is 11.7 Å². The smallest absolute Gasteiger partial charge is 0.395 e. The summed E-state index contributed by atoms with van der Waals surface area (Å²) >= 11 is 0. The van der Waals surface area contributed by atoms with E-state index in [2.05, 4.69) is 9.47 Å². The molecule has 2 atom stereocenters. The normalized spacial score (nSPS) is 22.6. The fourth-order valence-electron chi connectivity index (χ4n) is 2.44. The predicted octanol–water partition coefficient (Wildman–Crippen LogP) is 2.59. The van der Waals surface area contributed by atoms with Gasteiger partial charge >= 0.3 is 6.29 Å². The Hall–Kier alpha value is -1.11. The molecular weight excluding hydrogens is 292 g/mol. The van der Waals surface area contributed by atoms with Gasteiger partial charge in [-0.05, 0) is 36.5 Å². The molecule has 1 aliphatic carbocycles. The van der Waals surface area contributed by atoms with Gasteiger partial charge < -0.3 is 20.3 Å². The molecule has 1 aromatic carbocycles. The maximum absolute atomic E-state index is 12.9. The summed E-state index contributed by atoms with van der Waals surface area (Å²) in [4.78, 5) is 0. The molecule has 0 amide bonds. The molecule has 0 bridgehead atoms. The monoisotopic (exact) mass is 307 g/mol. The van der Waals surface area contributed by atoms with Crippen LogP contribution in [0.4, 0.5) is 8.78 Å². The zero-order valence-corrected chi connectivity index (χ0v) is 11.4. The summed E-state index contributed by atoms with van der Waals surface area (Å²) in [6.07, 6.45) is -1.27. The quantitative estimate of drug-likeness (QED) is 0.901. The van der Waals surface area contributed by atoms with Gasteiger partial charge in [0.2, 0.25) is 0 Å². The van der Waals surface area contributed by atoms with E-state index in [0.29, 0.717) is 5.56 Å². The molecule has 2 aliphatic rings. The van der Waals surface area contributed by atoms with E-state index in [1.54, 1.807) is 6.07 Å². The summed E-state index contributed by atoms with van der Waals surface area (Å²) in [6, 6.07) is 3.77. The van der Waals surface area contributed by atoms with Crippen LogP contribution in [0.2, 0.25) is 0 Å². The van der Waals surface area contributed by atoms with E-state index in [9.17, 15) is 13.9 Å². The molecule has 3 N–H and O–H groups in total. The van der Waals surface area contributed by atoms with E-state index >= 15 is 0 Å². The van der Waals surface area contributed by atoms with Crippen LogP contribution in [0.3, 0.4) is 0 Å². The molecule has 1 aromatic rings. The summed E-state index contributed by atoms with van der Waals surface area (Å²) in [5.74, 6) is 0.139. The van der Waals surface area contributed by atoms with Crippen molar-refractivity contribution in [3.05, 3.63) is 23.8 Å². The van der Waals surface area contributed by atoms with Crippen LogP contribution in [-0.2, 0) is 0 Å². The molecule has 20 heavy (non-hydrogen) atoms. The number of aliphatic hydroxyl groups excluding tert-OH is 1. The number of benzene rings is 1. The van der Waals surface area contributed by atoms with E-state index in [4.69, 9.17) is 5.73 Å². The van der Waals surface area contributed by atoms with E-state index in [1.165, 1.54) is 12.1 Å². The molecule has 0 radical (unpaired) electrons. The second-order valence-corrected chi connectivity index (χ2v) is 5.08. The first-order valence-corrected chi connectivity index (χ1v) is 6.30. The summed E-state index contributed by atoms with van der Waals surface area (Å²) in [6.45, 7) is 0. The van der Waals surface area contributed by atoms with Crippen LogP contribution < -0.4 is 15.2 Å². The van der Waals surface area contributed by atoms with Crippen molar-refractivity contribution in [1.29, 1.82) is 0 Å². The molecule has 3 rings (SSSR count). The van der Waals surface area contributed by atoms with Crippen molar-refractivity contribution in [3.8, 4) is 11.5 Å². The Morgan fingerprint density at radius 1 is 1.25 bits per heavy atom. The molecule has 0 spiro atoms. The maximum atomic E-state index is 12.9. The van der Waals surface area contributed by atoms with Crippen LogP contribution in [-0.4, -0.2) is 17.5 Å². The second-order valence-electron chi connectivity index (χ2n) is 5.08. The lowest BCUT2D eigenvalue weighted by Crippen LogP contribution is -2.36. The molecular formula is C13H16ClF2NO3. The predicted molar refractivity (Wildman–Crippen MR) is 70.2 cm³/mol. The molecule has 0 saturated heterocycles. The molecule has 7 heteroatoms. The molecule has 4 nitrogen and oxygen atoms in total. The summed E-state index contributed by atoms with van der Waals surface area (Å²) in [7, 11) is 0. The maximum Gasteiger partial charge on any atom is 0.586 e. The van der Waals surface area contributed by atoms with Crippen LogP contribution in [0.25, 0.3) is 0 Å². The fraction of sp³-hybridized carbons (Fsp3) is 0.538. The first-order valence-electron chi connectivity index (χ1n) is 6.30. The van der Waals surface area contributed by atoms with Gasteiger partial charge in [0.05, 0.1) is 12.1 Å².